The third-order valence-corrected chi connectivity index (χ3v) is 2.98. The molecule has 2 heteroatoms. The molecule has 0 rings (SSSR count). The van der Waals surface area contributed by atoms with E-state index in [4.69, 9.17) is 5.11 Å². The predicted molar refractivity (Wildman–Crippen MR) is 91.4 cm³/mol. The highest BCUT2D eigenvalue weighted by atomic mass is 16.4. The summed E-state index contributed by atoms with van der Waals surface area (Å²) in [6, 6.07) is 0. The first-order valence-corrected chi connectivity index (χ1v) is 8.09. The summed E-state index contributed by atoms with van der Waals surface area (Å²) in [5.41, 5.74) is 0. The molecule has 0 radical (unpaired) electrons. The van der Waals surface area contributed by atoms with Crippen molar-refractivity contribution in [2.75, 3.05) is 0 Å². The summed E-state index contributed by atoms with van der Waals surface area (Å²) in [7, 11) is 0. The van der Waals surface area contributed by atoms with Crippen molar-refractivity contribution in [1.29, 1.82) is 0 Å². The van der Waals surface area contributed by atoms with Gasteiger partial charge in [0.1, 0.15) is 0 Å². The molecule has 0 aliphatic rings. The molecule has 0 amide bonds. The lowest BCUT2D eigenvalue weighted by Gasteiger charge is -1.94. The van der Waals surface area contributed by atoms with E-state index in [1.807, 2.05) is 0 Å². The molecule has 0 aromatic carbocycles. The Balaban J connectivity index is 3.36. The standard InChI is InChI=1S/C19H30O2/c1-2-3-4-5-6-7-8-9-10-11-12-13-14-15-16-17-18-19(20)21/h3-4,6-7,9-10,12-13H,2,5,8,11,14-18H2,1H3,(H,20,21). The minimum Gasteiger partial charge on any atom is -0.481 e. The highest BCUT2D eigenvalue weighted by molar-refractivity contribution is 5.66. The van der Waals surface area contributed by atoms with Crippen LogP contribution in [0.5, 0.6) is 0 Å². The summed E-state index contributed by atoms with van der Waals surface area (Å²) in [4.78, 5) is 10.3. The van der Waals surface area contributed by atoms with Crippen LogP contribution in [0, 0.1) is 0 Å². The van der Waals surface area contributed by atoms with Crippen molar-refractivity contribution in [2.45, 2.75) is 64.7 Å². The Hall–Kier alpha value is -1.57. The van der Waals surface area contributed by atoms with Gasteiger partial charge in [0.15, 0.2) is 0 Å². The number of allylic oxidation sites excluding steroid dienone is 8. The first kappa shape index (κ1) is 19.4. The highest BCUT2D eigenvalue weighted by Gasteiger charge is 1.94. The predicted octanol–water partition coefficient (Wildman–Crippen LogP) is 5.83. The van der Waals surface area contributed by atoms with Crippen LogP contribution in [0.15, 0.2) is 48.6 Å². The lowest BCUT2D eigenvalue weighted by atomic mass is 10.1. The molecule has 0 spiro atoms. The maximum Gasteiger partial charge on any atom is 0.303 e. The van der Waals surface area contributed by atoms with E-state index < -0.39 is 5.97 Å². The topological polar surface area (TPSA) is 37.3 Å². The van der Waals surface area contributed by atoms with Crippen LogP contribution in [0.1, 0.15) is 64.7 Å². The lowest BCUT2D eigenvalue weighted by Crippen LogP contribution is -1.93. The number of carbonyl (C=O) groups is 1. The van der Waals surface area contributed by atoms with E-state index in [0.29, 0.717) is 6.42 Å². The molecule has 0 aliphatic heterocycles. The molecule has 0 bridgehead atoms. The van der Waals surface area contributed by atoms with Crippen molar-refractivity contribution >= 4 is 5.97 Å². The maximum absolute atomic E-state index is 10.3. The first-order chi connectivity index (χ1) is 10.3. The summed E-state index contributed by atoms with van der Waals surface area (Å²) in [5, 5.41) is 8.50. The van der Waals surface area contributed by atoms with Crippen molar-refractivity contribution in [1.82, 2.24) is 0 Å². The second-order valence-corrected chi connectivity index (χ2v) is 4.99. The second-order valence-electron chi connectivity index (χ2n) is 4.99. The smallest absolute Gasteiger partial charge is 0.303 e. The number of carboxylic acids is 1. The normalized spacial score (nSPS) is 12.4. The van der Waals surface area contributed by atoms with Gasteiger partial charge in [-0.1, -0.05) is 62.0 Å². The van der Waals surface area contributed by atoms with Crippen LogP contribution in [0.4, 0.5) is 0 Å². The maximum atomic E-state index is 10.3. The van der Waals surface area contributed by atoms with Crippen LogP contribution in [-0.2, 0) is 4.79 Å². The zero-order valence-electron chi connectivity index (χ0n) is 13.3. The van der Waals surface area contributed by atoms with Crippen LogP contribution < -0.4 is 0 Å². The minimum atomic E-state index is -0.689. The summed E-state index contributed by atoms with van der Waals surface area (Å²) < 4.78 is 0. The lowest BCUT2D eigenvalue weighted by molar-refractivity contribution is -0.137. The van der Waals surface area contributed by atoms with Gasteiger partial charge in [-0.2, -0.15) is 0 Å². The molecular weight excluding hydrogens is 260 g/mol. The first-order valence-electron chi connectivity index (χ1n) is 8.09. The van der Waals surface area contributed by atoms with Crippen molar-refractivity contribution < 1.29 is 9.90 Å². The molecule has 2 nitrogen and oxygen atoms in total. The Morgan fingerprint density at radius 3 is 1.81 bits per heavy atom. The molecule has 21 heavy (non-hydrogen) atoms. The fourth-order valence-corrected chi connectivity index (χ4v) is 1.81. The van der Waals surface area contributed by atoms with Crippen molar-refractivity contribution in [2.24, 2.45) is 0 Å². The molecule has 0 aromatic heterocycles. The molecule has 0 heterocycles. The van der Waals surface area contributed by atoms with Gasteiger partial charge in [0.2, 0.25) is 0 Å². The van der Waals surface area contributed by atoms with E-state index >= 15 is 0 Å². The molecule has 1 N–H and O–H groups in total. The molecule has 0 atom stereocenters. The molecule has 118 valence electrons. The number of hydrogen-bond donors (Lipinski definition) is 1. The molecular formula is C19H30O2. The minimum absolute atomic E-state index is 0.300. The van der Waals surface area contributed by atoms with Gasteiger partial charge in [0.05, 0.1) is 0 Å². The van der Waals surface area contributed by atoms with Crippen LogP contribution in [0.2, 0.25) is 0 Å². The highest BCUT2D eigenvalue weighted by Crippen LogP contribution is 2.04. The van der Waals surface area contributed by atoms with Crippen LogP contribution >= 0.6 is 0 Å². The summed E-state index contributed by atoms with van der Waals surface area (Å²) in [6.45, 7) is 2.15. The quantitative estimate of drug-likeness (QED) is 0.342. The van der Waals surface area contributed by atoms with Gasteiger partial charge >= 0.3 is 5.97 Å². The Labute approximate surface area is 130 Å². The fourth-order valence-electron chi connectivity index (χ4n) is 1.81. The number of hydrogen-bond acceptors (Lipinski definition) is 1. The number of aliphatic carboxylic acids is 1. The van der Waals surface area contributed by atoms with Gasteiger partial charge in [-0.05, 0) is 44.9 Å². The molecule has 0 saturated carbocycles. The van der Waals surface area contributed by atoms with Gasteiger partial charge in [-0.25, -0.2) is 0 Å². The molecule has 0 aromatic rings. The van der Waals surface area contributed by atoms with Crippen LogP contribution in [0.25, 0.3) is 0 Å². The van der Waals surface area contributed by atoms with E-state index in [2.05, 4.69) is 55.5 Å². The van der Waals surface area contributed by atoms with Gasteiger partial charge in [0.25, 0.3) is 0 Å². The molecule has 0 aliphatic carbocycles. The zero-order valence-corrected chi connectivity index (χ0v) is 13.3. The molecule has 0 saturated heterocycles. The van der Waals surface area contributed by atoms with Gasteiger partial charge in [-0.3, -0.25) is 4.79 Å². The van der Waals surface area contributed by atoms with Crippen molar-refractivity contribution in [3.63, 3.8) is 0 Å². The van der Waals surface area contributed by atoms with Crippen LogP contribution in [-0.4, -0.2) is 11.1 Å². The summed E-state index contributed by atoms with van der Waals surface area (Å²) >= 11 is 0. The molecule has 0 unspecified atom stereocenters. The Morgan fingerprint density at radius 2 is 1.29 bits per heavy atom. The van der Waals surface area contributed by atoms with Gasteiger partial charge in [0, 0.05) is 6.42 Å². The van der Waals surface area contributed by atoms with E-state index in [1.54, 1.807) is 0 Å². The average Bonchev–Trinajstić information content (AvgIpc) is 2.46. The van der Waals surface area contributed by atoms with Crippen LogP contribution in [0.3, 0.4) is 0 Å². The van der Waals surface area contributed by atoms with E-state index in [1.165, 1.54) is 0 Å². The largest absolute Gasteiger partial charge is 0.481 e. The van der Waals surface area contributed by atoms with E-state index in [9.17, 15) is 4.79 Å². The second kappa shape index (κ2) is 16.5. The Morgan fingerprint density at radius 1 is 0.762 bits per heavy atom. The van der Waals surface area contributed by atoms with Gasteiger partial charge < -0.3 is 5.11 Å². The number of unbranched alkanes of at least 4 members (excludes halogenated alkanes) is 3. The van der Waals surface area contributed by atoms with E-state index in [0.717, 1.165) is 51.4 Å². The van der Waals surface area contributed by atoms with Gasteiger partial charge in [-0.15, -0.1) is 0 Å². The Kier molecular flexibility index (Phi) is 15.3. The zero-order chi connectivity index (χ0) is 15.6. The van der Waals surface area contributed by atoms with E-state index in [-0.39, 0.29) is 0 Å². The van der Waals surface area contributed by atoms with Crippen molar-refractivity contribution in [3.05, 3.63) is 48.6 Å². The monoisotopic (exact) mass is 290 g/mol. The average molecular weight is 290 g/mol. The third kappa shape index (κ3) is 18.4. The third-order valence-electron chi connectivity index (χ3n) is 2.98. The summed E-state index contributed by atoms with van der Waals surface area (Å²) in [6.07, 6.45) is 25.9. The number of rotatable bonds is 13. The SMILES string of the molecule is CCC=CCC=CCC=CCC=CCCCCCC(=O)O. The Bertz CT molecular complexity index is 349. The summed E-state index contributed by atoms with van der Waals surface area (Å²) in [5.74, 6) is -0.689. The molecule has 0 fully saturated rings. The fraction of sp³-hybridized carbons (Fsp3) is 0.526. The number of carboxylic acid groups (broad SMARTS) is 1. The van der Waals surface area contributed by atoms with Crippen molar-refractivity contribution in [3.8, 4) is 0 Å².